The Morgan fingerprint density at radius 3 is 2.50 bits per heavy atom. The zero-order chi connectivity index (χ0) is 21.4. The minimum atomic E-state index is -3.67. The SMILES string of the molecule is CCOc1ccc(NC(=O)CCCc2ccccc2)cc1S(=O)(=O)N1CCCCC1. The Hall–Kier alpha value is -2.38. The number of hydrogen-bond donors (Lipinski definition) is 1. The molecule has 7 heteroatoms. The largest absolute Gasteiger partial charge is 0.492 e. The van der Waals surface area contributed by atoms with E-state index >= 15 is 0 Å². The van der Waals surface area contributed by atoms with E-state index in [1.807, 2.05) is 37.3 Å². The Labute approximate surface area is 179 Å². The van der Waals surface area contributed by atoms with Gasteiger partial charge in [-0.25, -0.2) is 8.42 Å². The first-order chi connectivity index (χ1) is 14.5. The van der Waals surface area contributed by atoms with Gasteiger partial charge in [-0.1, -0.05) is 36.8 Å². The smallest absolute Gasteiger partial charge is 0.246 e. The first kappa shape index (κ1) is 22.3. The molecule has 6 nitrogen and oxygen atoms in total. The second kappa shape index (κ2) is 10.6. The van der Waals surface area contributed by atoms with Gasteiger partial charge in [-0.3, -0.25) is 4.79 Å². The monoisotopic (exact) mass is 430 g/mol. The van der Waals surface area contributed by atoms with E-state index in [1.165, 1.54) is 15.9 Å². The van der Waals surface area contributed by atoms with Gasteiger partial charge in [0.15, 0.2) is 0 Å². The van der Waals surface area contributed by atoms with Crippen molar-refractivity contribution in [2.45, 2.75) is 50.3 Å². The second-order valence-electron chi connectivity index (χ2n) is 7.45. The fourth-order valence-electron chi connectivity index (χ4n) is 3.63. The third kappa shape index (κ3) is 5.83. The van der Waals surface area contributed by atoms with Gasteiger partial charge in [0, 0.05) is 25.2 Å². The molecule has 0 spiro atoms. The molecule has 162 valence electrons. The number of aryl methyl sites for hydroxylation is 1. The highest BCUT2D eigenvalue weighted by Crippen LogP contribution is 2.31. The third-order valence-corrected chi connectivity index (χ3v) is 7.09. The molecular formula is C23H30N2O4S. The fourth-order valence-corrected chi connectivity index (χ4v) is 5.30. The van der Waals surface area contributed by atoms with Crippen molar-refractivity contribution in [1.82, 2.24) is 4.31 Å². The number of nitrogens with one attached hydrogen (secondary N) is 1. The van der Waals surface area contributed by atoms with Crippen LogP contribution in [0.3, 0.4) is 0 Å². The summed E-state index contributed by atoms with van der Waals surface area (Å²) in [6.07, 6.45) is 4.69. The Morgan fingerprint density at radius 2 is 1.80 bits per heavy atom. The number of amides is 1. The summed E-state index contributed by atoms with van der Waals surface area (Å²) in [4.78, 5) is 12.5. The summed E-state index contributed by atoms with van der Waals surface area (Å²) in [7, 11) is -3.67. The van der Waals surface area contributed by atoms with E-state index in [2.05, 4.69) is 5.32 Å². The molecule has 1 fully saturated rings. The summed E-state index contributed by atoms with van der Waals surface area (Å²) in [5, 5.41) is 2.84. The highest BCUT2D eigenvalue weighted by atomic mass is 32.2. The van der Waals surface area contributed by atoms with E-state index < -0.39 is 10.0 Å². The van der Waals surface area contributed by atoms with E-state index in [1.54, 1.807) is 12.1 Å². The molecule has 0 bridgehead atoms. The van der Waals surface area contributed by atoms with E-state index in [0.717, 1.165) is 32.1 Å². The Morgan fingerprint density at radius 1 is 1.07 bits per heavy atom. The zero-order valence-electron chi connectivity index (χ0n) is 17.5. The molecule has 3 rings (SSSR count). The van der Waals surface area contributed by atoms with Crippen LogP contribution >= 0.6 is 0 Å². The van der Waals surface area contributed by atoms with Gasteiger partial charge >= 0.3 is 0 Å². The summed E-state index contributed by atoms with van der Waals surface area (Å²) in [5.41, 5.74) is 1.67. The van der Waals surface area contributed by atoms with E-state index in [0.29, 0.717) is 37.6 Å². The molecular weight excluding hydrogens is 400 g/mol. The molecule has 1 heterocycles. The number of piperidine rings is 1. The number of carbonyl (C=O) groups is 1. The molecule has 1 saturated heterocycles. The number of sulfonamides is 1. The van der Waals surface area contributed by atoms with Crippen LogP contribution < -0.4 is 10.1 Å². The van der Waals surface area contributed by atoms with Crippen molar-refractivity contribution in [2.24, 2.45) is 0 Å². The molecule has 0 atom stereocenters. The van der Waals surface area contributed by atoms with E-state index in [9.17, 15) is 13.2 Å². The van der Waals surface area contributed by atoms with Gasteiger partial charge < -0.3 is 10.1 Å². The molecule has 1 N–H and O–H groups in total. The first-order valence-corrected chi connectivity index (χ1v) is 12.1. The Balaban J connectivity index is 1.69. The third-order valence-electron chi connectivity index (χ3n) is 5.17. The molecule has 2 aromatic carbocycles. The lowest BCUT2D eigenvalue weighted by Gasteiger charge is -2.27. The number of ether oxygens (including phenoxy) is 1. The topological polar surface area (TPSA) is 75.7 Å². The van der Waals surface area contributed by atoms with Crippen LogP contribution in [0.1, 0.15) is 44.6 Å². The van der Waals surface area contributed by atoms with Gasteiger partial charge in [0.1, 0.15) is 10.6 Å². The maximum Gasteiger partial charge on any atom is 0.246 e. The summed E-state index contributed by atoms with van der Waals surface area (Å²) in [5.74, 6) is 0.196. The van der Waals surface area contributed by atoms with E-state index in [4.69, 9.17) is 4.74 Å². The molecule has 0 radical (unpaired) electrons. The minimum absolute atomic E-state index is 0.119. The van der Waals surface area contributed by atoms with Gasteiger partial charge in [-0.05, 0) is 56.4 Å². The Bertz CT molecular complexity index is 939. The minimum Gasteiger partial charge on any atom is -0.492 e. The number of anilines is 1. The molecule has 30 heavy (non-hydrogen) atoms. The number of rotatable bonds is 9. The maximum absolute atomic E-state index is 13.2. The van der Waals surface area contributed by atoms with Crippen molar-refractivity contribution in [1.29, 1.82) is 0 Å². The van der Waals surface area contributed by atoms with Crippen LogP contribution in [0.5, 0.6) is 5.75 Å². The highest BCUT2D eigenvalue weighted by molar-refractivity contribution is 7.89. The average molecular weight is 431 g/mol. The van der Waals surface area contributed by atoms with Crippen LogP contribution in [0.4, 0.5) is 5.69 Å². The second-order valence-corrected chi connectivity index (χ2v) is 9.35. The maximum atomic E-state index is 13.2. The van der Waals surface area contributed by atoms with Crippen LogP contribution in [0.25, 0.3) is 0 Å². The van der Waals surface area contributed by atoms with Crippen molar-refractivity contribution >= 4 is 21.6 Å². The van der Waals surface area contributed by atoms with Crippen molar-refractivity contribution in [2.75, 3.05) is 25.0 Å². The molecule has 0 aromatic heterocycles. The summed E-state index contributed by atoms with van der Waals surface area (Å²) in [6, 6.07) is 14.9. The van der Waals surface area contributed by atoms with Gasteiger partial charge in [-0.2, -0.15) is 4.31 Å². The predicted molar refractivity (Wildman–Crippen MR) is 118 cm³/mol. The molecule has 0 unspecified atom stereocenters. The van der Waals surface area contributed by atoms with Crippen LogP contribution in [-0.4, -0.2) is 38.3 Å². The van der Waals surface area contributed by atoms with Crippen LogP contribution in [0.15, 0.2) is 53.4 Å². The summed E-state index contributed by atoms with van der Waals surface area (Å²) in [6.45, 7) is 3.22. The first-order valence-electron chi connectivity index (χ1n) is 10.6. The summed E-state index contributed by atoms with van der Waals surface area (Å²) < 4.78 is 33.4. The average Bonchev–Trinajstić information content (AvgIpc) is 2.76. The lowest BCUT2D eigenvalue weighted by molar-refractivity contribution is -0.116. The number of nitrogens with zero attached hydrogens (tertiary/aromatic N) is 1. The quantitative estimate of drug-likeness (QED) is 0.646. The van der Waals surface area contributed by atoms with Crippen molar-refractivity contribution < 1.29 is 17.9 Å². The van der Waals surface area contributed by atoms with Crippen molar-refractivity contribution in [3.05, 3.63) is 54.1 Å². The lowest BCUT2D eigenvalue weighted by atomic mass is 10.1. The normalized spacial score (nSPS) is 15.0. The molecule has 2 aromatic rings. The molecule has 1 aliphatic heterocycles. The Kier molecular flexibility index (Phi) is 7.87. The zero-order valence-corrected chi connectivity index (χ0v) is 18.3. The van der Waals surface area contributed by atoms with Crippen molar-refractivity contribution in [3.63, 3.8) is 0 Å². The number of benzene rings is 2. The molecule has 0 saturated carbocycles. The molecule has 1 aliphatic rings. The number of hydrogen-bond acceptors (Lipinski definition) is 4. The van der Waals surface area contributed by atoms with Crippen LogP contribution in [0, 0.1) is 0 Å². The van der Waals surface area contributed by atoms with E-state index in [-0.39, 0.29) is 10.8 Å². The predicted octanol–water partition coefficient (Wildman–Crippen LogP) is 4.22. The fraction of sp³-hybridized carbons (Fsp3) is 0.435. The van der Waals surface area contributed by atoms with Crippen LogP contribution in [-0.2, 0) is 21.2 Å². The highest BCUT2D eigenvalue weighted by Gasteiger charge is 2.29. The number of carbonyl (C=O) groups excluding carboxylic acids is 1. The molecule has 1 amide bonds. The standard InChI is InChI=1S/C23H30N2O4S/c1-2-29-21-15-14-20(18-22(21)30(27,28)25-16-7-4-8-17-25)24-23(26)13-9-12-19-10-5-3-6-11-19/h3,5-6,10-11,14-15,18H,2,4,7-9,12-13,16-17H2,1H3,(H,24,26). The van der Waals surface area contributed by atoms with Gasteiger partial charge in [0.25, 0.3) is 0 Å². The summed E-state index contributed by atoms with van der Waals surface area (Å²) >= 11 is 0. The van der Waals surface area contributed by atoms with Gasteiger partial charge in [-0.15, -0.1) is 0 Å². The van der Waals surface area contributed by atoms with Gasteiger partial charge in [0.2, 0.25) is 15.9 Å². The van der Waals surface area contributed by atoms with Gasteiger partial charge in [0.05, 0.1) is 6.61 Å². The van der Waals surface area contributed by atoms with Crippen LogP contribution in [0.2, 0.25) is 0 Å². The van der Waals surface area contributed by atoms with Crippen molar-refractivity contribution in [3.8, 4) is 5.75 Å². The lowest BCUT2D eigenvalue weighted by Crippen LogP contribution is -2.35. The molecule has 0 aliphatic carbocycles.